The van der Waals surface area contributed by atoms with Crippen molar-refractivity contribution in [3.05, 3.63) is 34.6 Å². The fourth-order valence-electron chi connectivity index (χ4n) is 2.65. The lowest BCUT2D eigenvalue weighted by atomic mass is 9.83. The Balaban J connectivity index is 1.90. The van der Waals surface area contributed by atoms with Gasteiger partial charge < -0.3 is 15.8 Å². The number of carbonyl (C=O) groups excluding carboxylic acids is 1. The normalized spacial score (nSPS) is 25.6. The van der Waals surface area contributed by atoms with Crippen LogP contribution >= 0.6 is 11.6 Å². The zero-order chi connectivity index (χ0) is 15.4. The molecule has 3 N–H and O–H groups in total. The van der Waals surface area contributed by atoms with Crippen LogP contribution in [0.4, 0.5) is 4.39 Å². The number of carbonyl (C=O) groups is 1. The van der Waals surface area contributed by atoms with Crippen molar-refractivity contribution in [3.8, 4) is 0 Å². The zero-order valence-electron chi connectivity index (χ0n) is 11.9. The molecule has 21 heavy (non-hydrogen) atoms. The van der Waals surface area contributed by atoms with E-state index in [0.29, 0.717) is 17.0 Å². The molecule has 0 aromatic heterocycles. The van der Waals surface area contributed by atoms with Crippen LogP contribution in [0.5, 0.6) is 0 Å². The first-order valence-corrected chi connectivity index (χ1v) is 7.39. The number of rotatable bonds is 4. The number of hydrogen-bond donors (Lipinski definition) is 2. The molecule has 1 fully saturated rings. The minimum Gasteiger partial charge on any atom is -0.380 e. The molecule has 0 radical (unpaired) electrons. The third kappa shape index (κ3) is 4.15. The fraction of sp³-hybridized carbons (Fsp3) is 0.533. The quantitative estimate of drug-likeness (QED) is 0.896. The highest BCUT2D eigenvalue weighted by Gasteiger charge is 2.31. The van der Waals surface area contributed by atoms with Gasteiger partial charge in [0.15, 0.2) is 0 Å². The average Bonchev–Trinajstić information content (AvgIpc) is 2.46. The highest BCUT2D eigenvalue weighted by atomic mass is 35.5. The molecule has 1 saturated carbocycles. The van der Waals surface area contributed by atoms with Gasteiger partial charge in [-0.15, -0.1) is 0 Å². The number of amides is 1. The molecule has 2 rings (SSSR count). The van der Waals surface area contributed by atoms with Crippen LogP contribution in [0.2, 0.25) is 5.02 Å². The van der Waals surface area contributed by atoms with Gasteiger partial charge in [-0.3, -0.25) is 4.79 Å². The number of nitrogens with one attached hydrogen (secondary N) is 1. The number of ether oxygens (including phenoxy) is 1. The van der Waals surface area contributed by atoms with Crippen molar-refractivity contribution in [1.29, 1.82) is 0 Å². The first-order chi connectivity index (χ1) is 10.0. The van der Waals surface area contributed by atoms with Crippen LogP contribution in [-0.2, 0) is 16.1 Å². The van der Waals surface area contributed by atoms with E-state index in [1.54, 1.807) is 13.2 Å². The summed E-state index contributed by atoms with van der Waals surface area (Å²) < 4.78 is 18.3. The third-order valence-electron chi connectivity index (χ3n) is 3.98. The maximum Gasteiger partial charge on any atom is 0.223 e. The maximum atomic E-state index is 13.0. The molecule has 0 aliphatic heterocycles. The lowest BCUT2D eigenvalue weighted by Crippen LogP contribution is -2.45. The minimum absolute atomic E-state index is 0.00871. The Morgan fingerprint density at radius 3 is 2.95 bits per heavy atom. The minimum atomic E-state index is -0.390. The summed E-state index contributed by atoms with van der Waals surface area (Å²) in [6, 6.07) is 4.13. The summed E-state index contributed by atoms with van der Waals surface area (Å²) in [6.07, 6.45) is 2.07. The molecule has 1 aliphatic carbocycles. The molecule has 1 amide bonds. The summed E-state index contributed by atoms with van der Waals surface area (Å²) in [4.78, 5) is 12.2. The summed E-state index contributed by atoms with van der Waals surface area (Å²) in [5.74, 6) is -0.530. The van der Waals surface area contributed by atoms with Gasteiger partial charge in [-0.2, -0.15) is 0 Å². The van der Waals surface area contributed by atoms with Crippen molar-refractivity contribution < 1.29 is 13.9 Å². The van der Waals surface area contributed by atoms with Crippen LogP contribution in [0.15, 0.2) is 18.2 Å². The Kier molecular flexibility index (Phi) is 5.56. The van der Waals surface area contributed by atoms with E-state index >= 15 is 0 Å². The lowest BCUT2D eigenvalue weighted by molar-refractivity contribution is -0.128. The van der Waals surface area contributed by atoms with E-state index in [9.17, 15) is 9.18 Å². The molecule has 0 unspecified atom stereocenters. The van der Waals surface area contributed by atoms with Crippen molar-refractivity contribution in [2.24, 2.45) is 11.7 Å². The first-order valence-electron chi connectivity index (χ1n) is 7.01. The van der Waals surface area contributed by atoms with E-state index in [4.69, 9.17) is 22.1 Å². The third-order valence-corrected chi connectivity index (χ3v) is 4.34. The molecular formula is C15H20ClFN2O2. The Morgan fingerprint density at radius 1 is 1.52 bits per heavy atom. The number of methoxy groups -OCH3 is 1. The second-order valence-electron chi connectivity index (χ2n) is 5.40. The zero-order valence-corrected chi connectivity index (χ0v) is 12.7. The van der Waals surface area contributed by atoms with Gasteiger partial charge in [-0.25, -0.2) is 4.39 Å². The SMILES string of the molecule is CO[C@@H]1C[C@@H](C(=O)NCc2ccc(F)cc2Cl)CC[C@H]1N. The second kappa shape index (κ2) is 7.20. The molecule has 0 saturated heterocycles. The van der Waals surface area contributed by atoms with Crippen LogP contribution in [-0.4, -0.2) is 25.2 Å². The molecule has 0 heterocycles. The highest BCUT2D eigenvalue weighted by molar-refractivity contribution is 6.31. The van der Waals surface area contributed by atoms with Crippen LogP contribution in [0, 0.1) is 11.7 Å². The summed E-state index contributed by atoms with van der Waals surface area (Å²) >= 11 is 5.94. The number of halogens is 2. The van der Waals surface area contributed by atoms with Crippen LogP contribution in [0.25, 0.3) is 0 Å². The lowest BCUT2D eigenvalue weighted by Gasteiger charge is -2.32. The summed E-state index contributed by atoms with van der Waals surface area (Å²) in [6.45, 7) is 0.290. The predicted octanol–water partition coefficient (Wildman–Crippen LogP) is 2.24. The predicted molar refractivity (Wildman–Crippen MR) is 79.4 cm³/mol. The van der Waals surface area contributed by atoms with Gasteiger partial charge in [0.05, 0.1) is 6.10 Å². The first kappa shape index (κ1) is 16.2. The van der Waals surface area contributed by atoms with Crippen LogP contribution in [0.3, 0.4) is 0 Å². The van der Waals surface area contributed by atoms with Gasteiger partial charge in [0.25, 0.3) is 0 Å². The monoisotopic (exact) mass is 314 g/mol. The molecule has 0 bridgehead atoms. The summed E-state index contributed by atoms with van der Waals surface area (Å²) in [5.41, 5.74) is 6.64. The largest absolute Gasteiger partial charge is 0.380 e. The topological polar surface area (TPSA) is 64.3 Å². The number of nitrogens with two attached hydrogens (primary N) is 1. The summed E-state index contributed by atoms with van der Waals surface area (Å²) in [5, 5.41) is 3.16. The molecule has 6 heteroatoms. The van der Waals surface area contributed by atoms with E-state index in [1.807, 2.05) is 0 Å². The van der Waals surface area contributed by atoms with E-state index in [1.165, 1.54) is 12.1 Å². The maximum absolute atomic E-state index is 13.0. The van der Waals surface area contributed by atoms with Gasteiger partial charge in [-0.1, -0.05) is 17.7 Å². The van der Waals surface area contributed by atoms with Gasteiger partial charge in [0.1, 0.15) is 5.82 Å². The molecule has 1 aromatic rings. The van der Waals surface area contributed by atoms with Crippen molar-refractivity contribution >= 4 is 17.5 Å². The van der Waals surface area contributed by atoms with Crippen molar-refractivity contribution in [2.45, 2.75) is 38.0 Å². The van der Waals surface area contributed by atoms with Crippen LogP contribution in [0.1, 0.15) is 24.8 Å². The molecule has 0 spiro atoms. The molecule has 1 aromatic carbocycles. The van der Waals surface area contributed by atoms with Crippen molar-refractivity contribution in [2.75, 3.05) is 7.11 Å². The second-order valence-corrected chi connectivity index (χ2v) is 5.81. The fourth-order valence-corrected chi connectivity index (χ4v) is 2.89. The Morgan fingerprint density at radius 2 is 2.29 bits per heavy atom. The Bertz CT molecular complexity index is 512. The van der Waals surface area contributed by atoms with Gasteiger partial charge in [0, 0.05) is 30.6 Å². The number of benzene rings is 1. The Hall–Kier alpha value is -1.17. The smallest absolute Gasteiger partial charge is 0.223 e. The van der Waals surface area contributed by atoms with E-state index in [-0.39, 0.29) is 36.3 Å². The van der Waals surface area contributed by atoms with Gasteiger partial charge in [0.2, 0.25) is 5.91 Å². The molecular weight excluding hydrogens is 295 g/mol. The number of hydrogen-bond acceptors (Lipinski definition) is 3. The van der Waals surface area contributed by atoms with E-state index < -0.39 is 0 Å². The van der Waals surface area contributed by atoms with E-state index in [0.717, 1.165) is 12.8 Å². The Labute approximate surface area is 128 Å². The highest BCUT2D eigenvalue weighted by Crippen LogP contribution is 2.26. The van der Waals surface area contributed by atoms with Crippen LogP contribution < -0.4 is 11.1 Å². The average molecular weight is 315 g/mol. The van der Waals surface area contributed by atoms with E-state index in [2.05, 4.69) is 5.32 Å². The molecule has 1 aliphatic rings. The molecule has 3 atom stereocenters. The van der Waals surface area contributed by atoms with Gasteiger partial charge >= 0.3 is 0 Å². The summed E-state index contributed by atoms with van der Waals surface area (Å²) in [7, 11) is 1.61. The van der Waals surface area contributed by atoms with Gasteiger partial charge in [-0.05, 0) is 37.0 Å². The molecule has 4 nitrogen and oxygen atoms in total. The van der Waals surface area contributed by atoms with Crippen molar-refractivity contribution in [3.63, 3.8) is 0 Å². The van der Waals surface area contributed by atoms with Crippen molar-refractivity contribution in [1.82, 2.24) is 5.32 Å². The molecule has 116 valence electrons. The standard InChI is InChI=1S/C15H20ClFN2O2/c1-21-14-6-9(3-5-13(14)18)15(20)19-8-10-2-4-11(17)7-12(10)16/h2,4,7,9,13-14H,3,5-6,8,18H2,1H3,(H,19,20)/t9-,13+,14+/m0/s1.